The molecule has 0 aliphatic rings. The minimum absolute atomic E-state index is 0.0898. The molecule has 0 fully saturated rings. The number of hydrogen-bond donors (Lipinski definition) is 1. The van der Waals surface area contributed by atoms with Gasteiger partial charge >= 0.3 is 5.97 Å². The van der Waals surface area contributed by atoms with Crippen LogP contribution in [-0.4, -0.2) is 28.6 Å². The number of aromatic nitrogens is 2. The normalized spacial score (nSPS) is 10.3. The summed E-state index contributed by atoms with van der Waals surface area (Å²) in [4.78, 5) is 27.4. The highest BCUT2D eigenvalue weighted by Gasteiger charge is 2.15. The van der Waals surface area contributed by atoms with E-state index in [1.54, 1.807) is 19.2 Å². The third-order valence-corrected chi connectivity index (χ3v) is 3.20. The largest absolute Gasteiger partial charge is 0.466 e. The van der Waals surface area contributed by atoms with Crippen LogP contribution in [0.25, 0.3) is 0 Å². The van der Waals surface area contributed by atoms with Crippen LogP contribution in [0.5, 0.6) is 0 Å². The quantitative estimate of drug-likeness (QED) is 0.845. The first-order valence-electron chi connectivity index (χ1n) is 5.92. The zero-order valence-corrected chi connectivity index (χ0v) is 11.8. The summed E-state index contributed by atoms with van der Waals surface area (Å²) < 4.78 is 9.65. The maximum Gasteiger partial charge on any atom is 0.311 e. The van der Waals surface area contributed by atoms with Gasteiger partial charge in [0.2, 0.25) is 0 Å². The van der Waals surface area contributed by atoms with E-state index < -0.39 is 0 Å². The predicted octanol–water partition coefficient (Wildman–Crippen LogP) is 1.80. The van der Waals surface area contributed by atoms with Crippen molar-refractivity contribution in [3.8, 4) is 0 Å². The fourth-order valence-electron chi connectivity index (χ4n) is 1.49. The molecule has 2 rings (SSSR count). The van der Waals surface area contributed by atoms with Crippen LogP contribution in [0, 0.1) is 6.92 Å². The lowest BCUT2D eigenvalue weighted by Gasteiger charge is -1.99. The number of aryl methyl sites for hydroxylation is 1. The van der Waals surface area contributed by atoms with Gasteiger partial charge in [0.25, 0.3) is 5.91 Å². The summed E-state index contributed by atoms with van der Waals surface area (Å²) in [6, 6.07) is 0. The van der Waals surface area contributed by atoms with Crippen LogP contribution in [0.2, 0.25) is 0 Å². The zero-order chi connectivity index (χ0) is 14.5. The molecule has 1 N–H and O–H groups in total. The molecule has 1 amide bonds. The maximum absolute atomic E-state index is 11.9. The van der Waals surface area contributed by atoms with Gasteiger partial charge in [-0.2, -0.15) is 0 Å². The lowest BCUT2D eigenvalue weighted by molar-refractivity contribution is -0.142. The van der Waals surface area contributed by atoms with Crippen molar-refractivity contribution in [3.05, 3.63) is 28.6 Å². The second kappa shape index (κ2) is 6.29. The summed E-state index contributed by atoms with van der Waals surface area (Å²) in [5.74, 6) is -0.253. The molecule has 0 radical (unpaired) electrons. The summed E-state index contributed by atoms with van der Waals surface area (Å²) in [6.07, 6.45) is 1.43. The summed E-state index contributed by atoms with van der Waals surface area (Å²) in [5, 5.41) is 8.28. The average Bonchev–Trinajstić information content (AvgIpc) is 2.99. The van der Waals surface area contributed by atoms with Crippen LogP contribution >= 0.6 is 11.3 Å². The van der Waals surface area contributed by atoms with Crippen LogP contribution in [-0.2, 0) is 16.0 Å². The molecule has 0 aliphatic heterocycles. The first-order valence-corrected chi connectivity index (χ1v) is 6.80. The number of carbonyl (C=O) groups is 2. The van der Waals surface area contributed by atoms with Crippen LogP contribution in [0.1, 0.15) is 28.7 Å². The van der Waals surface area contributed by atoms with Crippen molar-refractivity contribution < 1.29 is 18.8 Å². The summed E-state index contributed by atoms with van der Waals surface area (Å²) >= 11 is 1.24. The molecule has 0 atom stereocenters. The monoisotopic (exact) mass is 295 g/mol. The molecule has 0 bridgehead atoms. The Kier molecular flexibility index (Phi) is 4.46. The Bertz CT molecular complexity index is 620. The lowest BCUT2D eigenvalue weighted by atomic mass is 10.2. The number of rotatable bonds is 5. The molecule has 2 aromatic heterocycles. The van der Waals surface area contributed by atoms with Crippen LogP contribution in [0.3, 0.4) is 0 Å². The van der Waals surface area contributed by atoms with E-state index in [0.29, 0.717) is 28.8 Å². The van der Waals surface area contributed by atoms with E-state index in [4.69, 9.17) is 9.26 Å². The number of esters is 1. The predicted molar refractivity (Wildman–Crippen MR) is 71.6 cm³/mol. The van der Waals surface area contributed by atoms with Gasteiger partial charge in [-0.15, -0.1) is 11.3 Å². The Hall–Kier alpha value is -2.22. The molecule has 106 valence electrons. The highest BCUT2D eigenvalue weighted by atomic mass is 32.1. The molecule has 0 spiro atoms. The first-order chi connectivity index (χ1) is 9.60. The van der Waals surface area contributed by atoms with Crippen molar-refractivity contribution in [3.63, 3.8) is 0 Å². The molecule has 0 unspecified atom stereocenters. The lowest BCUT2D eigenvalue weighted by Crippen LogP contribution is -2.12. The van der Waals surface area contributed by atoms with E-state index in [-0.39, 0.29) is 18.3 Å². The Morgan fingerprint density at radius 1 is 1.50 bits per heavy atom. The number of nitrogens with one attached hydrogen (secondary N) is 1. The van der Waals surface area contributed by atoms with E-state index in [0.717, 1.165) is 0 Å². The zero-order valence-electron chi connectivity index (χ0n) is 11.0. The molecule has 2 heterocycles. The minimum Gasteiger partial charge on any atom is -0.466 e. The molecule has 20 heavy (non-hydrogen) atoms. The standard InChI is InChI=1S/C12H13N3O4S/c1-3-18-10(16)4-8-6-20-12(14-8)15-11(17)9-5-13-19-7(9)2/h5-6H,3-4H2,1-2H3,(H,14,15,17). The van der Waals surface area contributed by atoms with Crippen molar-refractivity contribution in [2.75, 3.05) is 11.9 Å². The van der Waals surface area contributed by atoms with Gasteiger partial charge in [0, 0.05) is 5.38 Å². The molecule has 2 aromatic rings. The molecule has 0 saturated heterocycles. The van der Waals surface area contributed by atoms with Crippen LogP contribution in [0.4, 0.5) is 5.13 Å². The smallest absolute Gasteiger partial charge is 0.311 e. The fourth-order valence-corrected chi connectivity index (χ4v) is 2.19. The molecule has 0 aromatic carbocycles. The second-order valence-electron chi connectivity index (χ2n) is 3.88. The molecule has 0 saturated carbocycles. The van der Waals surface area contributed by atoms with Crippen molar-refractivity contribution >= 4 is 28.3 Å². The molecular weight excluding hydrogens is 282 g/mol. The Morgan fingerprint density at radius 3 is 2.95 bits per heavy atom. The number of thiazole rings is 1. The highest BCUT2D eigenvalue weighted by Crippen LogP contribution is 2.18. The van der Waals surface area contributed by atoms with E-state index >= 15 is 0 Å². The summed E-state index contributed by atoms with van der Waals surface area (Å²) in [5.41, 5.74) is 0.915. The Morgan fingerprint density at radius 2 is 2.30 bits per heavy atom. The molecule has 7 nitrogen and oxygen atoms in total. The Labute approximate surface area is 118 Å². The number of amides is 1. The van der Waals surface area contributed by atoms with Crippen molar-refractivity contribution in [1.29, 1.82) is 0 Å². The van der Waals surface area contributed by atoms with Gasteiger partial charge in [-0.1, -0.05) is 5.16 Å². The maximum atomic E-state index is 11.9. The van der Waals surface area contributed by atoms with Crippen LogP contribution < -0.4 is 5.32 Å². The van der Waals surface area contributed by atoms with Gasteiger partial charge in [0.15, 0.2) is 5.13 Å². The summed E-state index contributed by atoms with van der Waals surface area (Å²) in [6.45, 7) is 3.72. The number of anilines is 1. The fraction of sp³-hybridized carbons (Fsp3) is 0.333. The molecule has 0 aliphatic carbocycles. The van der Waals surface area contributed by atoms with Gasteiger partial charge in [0.05, 0.1) is 24.9 Å². The van der Waals surface area contributed by atoms with Gasteiger partial charge in [0.1, 0.15) is 11.3 Å². The number of nitrogens with zero attached hydrogens (tertiary/aromatic N) is 2. The van der Waals surface area contributed by atoms with E-state index in [9.17, 15) is 9.59 Å². The molecular formula is C12H13N3O4S. The topological polar surface area (TPSA) is 94.3 Å². The van der Waals surface area contributed by atoms with Gasteiger partial charge in [-0.25, -0.2) is 4.98 Å². The van der Waals surface area contributed by atoms with E-state index in [1.807, 2.05) is 0 Å². The average molecular weight is 295 g/mol. The third-order valence-electron chi connectivity index (χ3n) is 2.40. The minimum atomic E-state index is -0.346. The second-order valence-corrected chi connectivity index (χ2v) is 4.73. The van der Waals surface area contributed by atoms with Gasteiger partial charge in [-0.05, 0) is 13.8 Å². The molecule has 8 heteroatoms. The summed E-state index contributed by atoms with van der Waals surface area (Å²) in [7, 11) is 0. The first kappa shape index (κ1) is 14.2. The van der Waals surface area contributed by atoms with Crippen molar-refractivity contribution in [1.82, 2.24) is 10.1 Å². The van der Waals surface area contributed by atoms with E-state index in [2.05, 4.69) is 15.5 Å². The Balaban J connectivity index is 1.98. The third kappa shape index (κ3) is 3.41. The SMILES string of the molecule is CCOC(=O)Cc1csc(NC(=O)c2cnoc2C)n1. The van der Waals surface area contributed by atoms with Crippen molar-refractivity contribution in [2.45, 2.75) is 20.3 Å². The highest BCUT2D eigenvalue weighted by molar-refractivity contribution is 7.14. The van der Waals surface area contributed by atoms with Gasteiger partial charge in [-0.3, -0.25) is 14.9 Å². The number of ether oxygens (including phenoxy) is 1. The number of carbonyl (C=O) groups excluding carboxylic acids is 2. The van der Waals surface area contributed by atoms with Gasteiger partial charge < -0.3 is 9.26 Å². The van der Waals surface area contributed by atoms with E-state index in [1.165, 1.54) is 17.5 Å². The number of hydrogen-bond acceptors (Lipinski definition) is 7. The van der Waals surface area contributed by atoms with Crippen molar-refractivity contribution in [2.24, 2.45) is 0 Å². The van der Waals surface area contributed by atoms with Crippen LogP contribution in [0.15, 0.2) is 16.1 Å².